The summed E-state index contributed by atoms with van der Waals surface area (Å²) in [6.45, 7) is 0.232. The molecular weight excluding hydrogens is 521 g/mol. The molecule has 2 aromatic heterocycles. The summed E-state index contributed by atoms with van der Waals surface area (Å²) in [6, 6.07) is 13.5. The van der Waals surface area contributed by atoms with Crippen molar-refractivity contribution in [3.05, 3.63) is 84.2 Å². The highest BCUT2D eigenvalue weighted by Crippen LogP contribution is 2.33. The molecule has 1 aliphatic rings. The molecule has 0 unspecified atom stereocenters. The molecule has 0 N–H and O–H groups in total. The van der Waals surface area contributed by atoms with Crippen LogP contribution in [-0.2, 0) is 27.4 Å². The number of hydrogen-bond donors (Lipinski definition) is 0. The van der Waals surface area contributed by atoms with Gasteiger partial charge in [-0.3, -0.25) is 9.78 Å². The number of carbonyl (C=O) groups excluding carboxylic acids is 1. The van der Waals surface area contributed by atoms with Crippen molar-refractivity contribution in [1.82, 2.24) is 9.29 Å². The molecule has 1 aliphatic heterocycles. The number of alkyl halides is 3. The van der Waals surface area contributed by atoms with Crippen molar-refractivity contribution in [2.45, 2.75) is 43.0 Å². The minimum atomic E-state index is -4.46. The summed E-state index contributed by atoms with van der Waals surface area (Å²) < 4.78 is 77.5. The number of ketones is 1. The highest BCUT2D eigenvalue weighted by molar-refractivity contribution is 7.89. The molecule has 198 valence electrons. The van der Waals surface area contributed by atoms with E-state index in [0.29, 0.717) is 36.0 Å². The van der Waals surface area contributed by atoms with Crippen molar-refractivity contribution in [2.24, 2.45) is 0 Å². The van der Waals surface area contributed by atoms with Crippen LogP contribution in [0.3, 0.4) is 0 Å². The number of benzene rings is 2. The molecule has 1 fully saturated rings. The lowest BCUT2D eigenvalue weighted by Gasteiger charge is -2.21. The molecule has 1 atom stereocenters. The van der Waals surface area contributed by atoms with E-state index in [9.17, 15) is 26.4 Å². The third kappa shape index (κ3) is 5.44. The SMILES string of the molecule is O=C(CCc1ccc(Oc2cccc(C(F)(F)F)c2)cc1)[C@@H]1CCCN1S(=O)(=O)c1cc2cnccc2o1. The zero-order valence-electron chi connectivity index (χ0n) is 20.0. The van der Waals surface area contributed by atoms with E-state index in [1.54, 1.807) is 30.3 Å². The van der Waals surface area contributed by atoms with E-state index in [4.69, 9.17) is 9.15 Å². The summed E-state index contributed by atoms with van der Waals surface area (Å²) in [5.74, 6) is 0.229. The van der Waals surface area contributed by atoms with Crippen LogP contribution >= 0.6 is 0 Å². The van der Waals surface area contributed by atoms with Crippen molar-refractivity contribution in [2.75, 3.05) is 6.54 Å². The summed E-state index contributed by atoms with van der Waals surface area (Å²) >= 11 is 0. The number of halogens is 3. The van der Waals surface area contributed by atoms with Gasteiger partial charge in [-0.25, -0.2) is 8.42 Å². The molecule has 0 saturated carbocycles. The lowest BCUT2D eigenvalue weighted by atomic mass is 10.0. The van der Waals surface area contributed by atoms with Gasteiger partial charge in [-0.15, -0.1) is 0 Å². The Labute approximate surface area is 216 Å². The Balaban J connectivity index is 1.21. The van der Waals surface area contributed by atoms with Gasteiger partial charge in [-0.1, -0.05) is 18.2 Å². The van der Waals surface area contributed by atoms with Crippen molar-refractivity contribution in [1.29, 1.82) is 0 Å². The van der Waals surface area contributed by atoms with Crippen LogP contribution in [0.2, 0.25) is 0 Å². The Morgan fingerprint density at radius 1 is 1.08 bits per heavy atom. The highest BCUT2D eigenvalue weighted by atomic mass is 32.2. The second-order valence-corrected chi connectivity index (χ2v) is 10.8. The normalized spacial score (nSPS) is 16.7. The quantitative estimate of drug-likeness (QED) is 0.271. The number of hydrogen-bond acceptors (Lipinski definition) is 6. The predicted molar refractivity (Wildman–Crippen MR) is 132 cm³/mol. The van der Waals surface area contributed by atoms with Crippen LogP contribution in [0.4, 0.5) is 13.2 Å². The monoisotopic (exact) mass is 544 g/mol. The van der Waals surface area contributed by atoms with E-state index >= 15 is 0 Å². The molecule has 0 radical (unpaired) electrons. The van der Waals surface area contributed by atoms with E-state index in [-0.39, 0.29) is 29.6 Å². The van der Waals surface area contributed by atoms with Crippen LogP contribution in [0.1, 0.15) is 30.4 Å². The lowest BCUT2D eigenvalue weighted by Crippen LogP contribution is -2.40. The second kappa shape index (κ2) is 10.2. The standard InChI is InChI=1S/C27H23F3N2O5S/c28-27(29,30)20-3-1-4-22(16-20)36-21-9-6-18(7-10-21)8-11-24(33)23-5-2-14-32(23)38(34,35)26-15-19-17-31-13-12-25(19)37-26/h1,3-4,6-7,9-10,12-13,15-17,23H,2,5,8,11,14H2/t23-/m0/s1. The maximum absolute atomic E-state index is 13.2. The van der Waals surface area contributed by atoms with Crippen molar-refractivity contribution >= 4 is 26.8 Å². The number of furan rings is 1. The minimum Gasteiger partial charge on any atom is -0.457 e. The largest absolute Gasteiger partial charge is 0.457 e. The molecule has 0 spiro atoms. The van der Waals surface area contributed by atoms with Gasteiger partial charge in [0.1, 0.15) is 17.1 Å². The first-order chi connectivity index (χ1) is 18.1. The first-order valence-electron chi connectivity index (χ1n) is 11.9. The number of sulfonamides is 1. The third-order valence-corrected chi connectivity index (χ3v) is 8.18. The first kappa shape index (κ1) is 25.9. The molecule has 4 aromatic rings. The Bertz CT molecular complexity index is 1530. The fourth-order valence-corrected chi connectivity index (χ4v) is 6.11. The van der Waals surface area contributed by atoms with E-state index in [1.807, 2.05) is 0 Å². The fraction of sp³-hybridized carbons (Fsp3) is 0.259. The molecule has 38 heavy (non-hydrogen) atoms. The summed E-state index contributed by atoms with van der Waals surface area (Å²) in [4.78, 5) is 17.0. The molecule has 0 amide bonds. The van der Waals surface area contributed by atoms with Crippen molar-refractivity contribution < 1.29 is 35.5 Å². The molecule has 1 saturated heterocycles. The van der Waals surface area contributed by atoms with E-state index in [0.717, 1.165) is 17.7 Å². The van der Waals surface area contributed by atoms with Crippen LogP contribution in [-0.4, -0.2) is 36.1 Å². The number of nitrogens with zero attached hydrogens (tertiary/aromatic N) is 2. The molecule has 7 nitrogen and oxygen atoms in total. The second-order valence-electron chi connectivity index (χ2n) is 8.99. The Morgan fingerprint density at radius 3 is 2.61 bits per heavy atom. The Morgan fingerprint density at radius 2 is 1.87 bits per heavy atom. The average molecular weight is 545 g/mol. The van der Waals surface area contributed by atoms with E-state index < -0.39 is 27.8 Å². The van der Waals surface area contributed by atoms with Gasteiger partial charge < -0.3 is 9.15 Å². The van der Waals surface area contributed by atoms with Crippen molar-refractivity contribution in [3.8, 4) is 11.5 Å². The number of fused-ring (bicyclic) bond motifs is 1. The number of aryl methyl sites for hydroxylation is 1. The number of rotatable bonds is 8. The lowest BCUT2D eigenvalue weighted by molar-refractivity contribution is -0.137. The number of aromatic nitrogens is 1. The predicted octanol–water partition coefficient (Wildman–Crippen LogP) is 5.99. The molecule has 3 heterocycles. The number of Topliss-reactive ketones (excluding diaryl/α,β-unsaturated/α-hetero) is 1. The van der Waals surface area contributed by atoms with Gasteiger partial charge in [0.15, 0.2) is 5.78 Å². The van der Waals surface area contributed by atoms with Gasteiger partial charge in [0.25, 0.3) is 10.0 Å². The van der Waals surface area contributed by atoms with Gasteiger partial charge in [0.2, 0.25) is 5.09 Å². The van der Waals surface area contributed by atoms with Crippen LogP contribution < -0.4 is 4.74 Å². The third-order valence-electron chi connectivity index (χ3n) is 6.41. The first-order valence-corrected chi connectivity index (χ1v) is 13.4. The van der Waals surface area contributed by atoms with Gasteiger partial charge in [0, 0.05) is 36.8 Å². The Kier molecular flexibility index (Phi) is 6.97. The topological polar surface area (TPSA) is 89.7 Å². The molecule has 0 bridgehead atoms. The van der Waals surface area contributed by atoms with Gasteiger partial charge in [-0.2, -0.15) is 17.5 Å². The maximum atomic E-state index is 13.2. The maximum Gasteiger partial charge on any atom is 0.416 e. The minimum absolute atomic E-state index is 0.0611. The summed E-state index contributed by atoms with van der Waals surface area (Å²) in [5.41, 5.74) is 0.415. The van der Waals surface area contributed by atoms with Crippen LogP contribution in [0.5, 0.6) is 11.5 Å². The Hall–Kier alpha value is -3.70. The van der Waals surface area contributed by atoms with E-state index in [2.05, 4.69) is 4.98 Å². The summed E-state index contributed by atoms with van der Waals surface area (Å²) in [5, 5.41) is 0.352. The fourth-order valence-electron chi connectivity index (χ4n) is 4.48. The molecule has 0 aliphatic carbocycles. The number of ether oxygens (including phenoxy) is 1. The van der Waals surface area contributed by atoms with Gasteiger partial charge >= 0.3 is 6.18 Å². The highest BCUT2D eigenvalue weighted by Gasteiger charge is 2.40. The summed E-state index contributed by atoms with van der Waals surface area (Å²) in [6.07, 6.45) is 0.0723. The van der Waals surface area contributed by atoms with Gasteiger partial charge in [-0.05, 0) is 61.2 Å². The molecule has 11 heteroatoms. The van der Waals surface area contributed by atoms with Crippen molar-refractivity contribution in [3.63, 3.8) is 0 Å². The molecule has 2 aromatic carbocycles. The van der Waals surface area contributed by atoms with Crippen LogP contribution in [0.15, 0.2) is 82.6 Å². The van der Waals surface area contributed by atoms with Crippen LogP contribution in [0, 0.1) is 0 Å². The zero-order valence-corrected chi connectivity index (χ0v) is 20.8. The summed E-state index contributed by atoms with van der Waals surface area (Å²) in [7, 11) is -3.99. The number of carbonyl (C=O) groups is 1. The van der Waals surface area contributed by atoms with Crippen LogP contribution in [0.25, 0.3) is 11.0 Å². The smallest absolute Gasteiger partial charge is 0.416 e. The van der Waals surface area contributed by atoms with Gasteiger partial charge in [0.05, 0.1) is 11.6 Å². The number of pyridine rings is 1. The zero-order chi connectivity index (χ0) is 26.9. The van der Waals surface area contributed by atoms with E-state index in [1.165, 1.54) is 34.9 Å². The molecule has 5 rings (SSSR count). The molecular formula is C27H23F3N2O5S. The average Bonchev–Trinajstić information content (AvgIpc) is 3.56.